The molecule has 0 bridgehead atoms. The first-order chi connectivity index (χ1) is 5.47. The van der Waals surface area contributed by atoms with Gasteiger partial charge >= 0.3 is 0 Å². The summed E-state index contributed by atoms with van der Waals surface area (Å²) in [6, 6.07) is 10.5. The highest BCUT2D eigenvalue weighted by atomic mass is 16.5. The lowest BCUT2D eigenvalue weighted by atomic mass is 10.2. The fourth-order valence-electron chi connectivity index (χ4n) is 0.822. The molecule has 3 nitrogen and oxygen atoms in total. The molecule has 1 radical (unpaired) electrons. The van der Waals surface area contributed by atoms with Gasteiger partial charge < -0.3 is 4.52 Å². The Balaban J connectivity index is 2.46. The molecule has 1 aromatic heterocycles. The first kappa shape index (κ1) is 6.09. The van der Waals surface area contributed by atoms with Crippen LogP contribution in [-0.2, 0) is 0 Å². The van der Waals surface area contributed by atoms with E-state index in [4.69, 9.17) is 0 Å². The molecule has 1 aromatic carbocycles. The molecule has 0 aliphatic carbocycles. The van der Waals surface area contributed by atoms with Crippen LogP contribution >= 0.6 is 0 Å². The van der Waals surface area contributed by atoms with E-state index < -0.39 is 0 Å². The second kappa shape index (κ2) is 2.54. The summed E-state index contributed by atoms with van der Waals surface area (Å²) in [4.78, 5) is 3.88. The first-order valence-corrected chi connectivity index (χ1v) is 3.20. The summed E-state index contributed by atoms with van der Waals surface area (Å²) in [5.41, 5.74) is 0.848. The summed E-state index contributed by atoms with van der Waals surface area (Å²) in [7, 11) is 0. The molecule has 0 N–H and O–H groups in total. The van der Waals surface area contributed by atoms with Crippen molar-refractivity contribution in [3.63, 3.8) is 0 Å². The Hall–Kier alpha value is -1.64. The van der Waals surface area contributed by atoms with Crippen LogP contribution in [0.25, 0.3) is 11.4 Å². The number of hydrogen-bond acceptors (Lipinski definition) is 3. The van der Waals surface area contributed by atoms with E-state index >= 15 is 0 Å². The zero-order valence-electron chi connectivity index (χ0n) is 5.69. The summed E-state index contributed by atoms with van der Waals surface area (Å²) in [6.45, 7) is 0. The number of hydrogen-bond donors (Lipinski definition) is 0. The van der Waals surface area contributed by atoms with Gasteiger partial charge in [0.1, 0.15) is 0 Å². The molecule has 0 unspecified atom stereocenters. The van der Waals surface area contributed by atoms with E-state index in [1.807, 2.05) is 24.3 Å². The van der Waals surface area contributed by atoms with E-state index in [0.717, 1.165) is 5.56 Å². The zero-order chi connectivity index (χ0) is 7.52. The van der Waals surface area contributed by atoms with Gasteiger partial charge in [0.15, 0.2) is 0 Å². The summed E-state index contributed by atoms with van der Waals surface area (Å²) in [5, 5.41) is 3.67. The van der Waals surface area contributed by atoms with Crippen molar-refractivity contribution >= 4 is 0 Å². The minimum atomic E-state index is 0.575. The number of aromatic nitrogens is 2. The third-order valence-electron chi connectivity index (χ3n) is 1.31. The fraction of sp³-hybridized carbons (Fsp3) is 0. The van der Waals surface area contributed by atoms with Gasteiger partial charge in [0.05, 0.1) is 0 Å². The van der Waals surface area contributed by atoms with Gasteiger partial charge in [-0.15, -0.1) is 0 Å². The van der Waals surface area contributed by atoms with Crippen molar-refractivity contribution in [2.45, 2.75) is 0 Å². The van der Waals surface area contributed by atoms with Gasteiger partial charge in [-0.3, -0.25) is 0 Å². The zero-order valence-corrected chi connectivity index (χ0v) is 5.69. The Morgan fingerprint density at radius 1 is 1.36 bits per heavy atom. The van der Waals surface area contributed by atoms with Gasteiger partial charge in [-0.05, 0) is 6.07 Å². The van der Waals surface area contributed by atoms with Crippen molar-refractivity contribution in [2.24, 2.45) is 0 Å². The smallest absolute Gasteiger partial charge is 0.214 e. The quantitative estimate of drug-likeness (QED) is 0.610. The molecule has 2 rings (SSSR count). The highest BCUT2D eigenvalue weighted by Gasteiger charge is 1.99. The van der Waals surface area contributed by atoms with Crippen LogP contribution in [0.4, 0.5) is 0 Å². The minimum absolute atomic E-state index is 0.575. The van der Waals surface area contributed by atoms with Crippen molar-refractivity contribution in [1.82, 2.24) is 10.1 Å². The molecule has 0 aliphatic heterocycles. The van der Waals surface area contributed by atoms with Gasteiger partial charge in [-0.25, -0.2) is 0 Å². The highest BCUT2D eigenvalue weighted by Crippen LogP contribution is 2.11. The second-order valence-corrected chi connectivity index (χ2v) is 2.03. The molecule has 3 heteroatoms. The molecule has 0 saturated carbocycles. The van der Waals surface area contributed by atoms with Gasteiger partial charge in [0.25, 0.3) is 0 Å². The van der Waals surface area contributed by atoms with Gasteiger partial charge in [-0.2, -0.15) is 4.98 Å². The third-order valence-corrected chi connectivity index (χ3v) is 1.31. The lowest BCUT2D eigenvalue weighted by molar-refractivity contribution is 0.419. The Kier molecular flexibility index (Phi) is 1.41. The van der Waals surface area contributed by atoms with Crippen LogP contribution in [0.15, 0.2) is 35.2 Å². The summed E-state index contributed by atoms with van der Waals surface area (Å²) < 4.78 is 4.59. The predicted molar refractivity (Wildman–Crippen MR) is 38.6 cm³/mol. The van der Waals surface area contributed by atoms with Crippen molar-refractivity contribution in [2.75, 3.05) is 0 Å². The maximum absolute atomic E-state index is 4.59. The van der Waals surface area contributed by atoms with E-state index in [1.165, 1.54) is 6.39 Å². The fourth-order valence-corrected chi connectivity index (χ4v) is 0.822. The molecule has 2 aromatic rings. The van der Waals surface area contributed by atoms with Crippen LogP contribution in [0.2, 0.25) is 0 Å². The van der Waals surface area contributed by atoms with Crippen LogP contribution < -0.4 is 0 Å². The lowest BCUT2D eigenvalue weighted by Gasteiger charge is -1.88. The summed E-state index contributed by atoms with van der Waals surface area (Å²) >= 11 is 0. The Bertz CT molecular complexity index is 315. The highest BCUT2D eigenvalue weighted by molar-refractivity contribution is 5.52. The minimum Gasteiger partial charge on any atom is -0.342 e. The molecule has 0 amide bonds. The molecule has 0 saturated heterocycles. The van der Waals surface area contributed by atoms with E-state index in [-0.39, 0.29) is 0 Å². The monoisotopic (exact) mass is 145 g/mol. The molecule has 0 aliphatic rings. The van der Waals surface area contributed by atoms with Crippen molar-refractivity contribution < 1.29 is 4.52 Å². The molecule has 0 atom stereocenters. The third kappa shape index (κ3) is 1.12. The second-order valence-electron chi connectivity index (χ2n) is 2.03. The molecule has 11 heavy (non-hydrogen) atoms. The van der Waals surface area contributed by atoms with Crippen molar-refractivity contribution in [1.29, 1.82) is 0 Å². The SMILES string of the molecule is [c]1ccccc1-c1ncon1. The molecular formula is C8H5N2O. The van der Waals surface area contributed by atoms with Gasteiger partial charge in [-0.1, -0.05) is 29.4 Å². The van der Waals surface area contributed by atoms with Gasteiger partial charge in [0, 0.05) is 5.56 Å². The normalized spacial score (nSPS) is 9.82. The van der Waals surface area contributed by atoms with E-state index in [2.05, 4.69) is 20.7 Å². The van der Waals surface area contributed by atoms with Crippen LogP contribution in [0.5, 0.6) is 0 Å². The van der Waals surface area contributed by atoms with E-state index in [0.29, 0.717) is 5.82 Å². The molecular weight excluding hydrogens is 140 g/mol. The Labute approximate surface area is 63.7 Å². The largest absolute Gasteiger partial charge is 0.342 e. The average Bonchev–Trinajstić information content (AvgIpc) is 2.58. The molecule has 1 heterocycles. The maximum Gasteiger partial charge on any atom is 0.214 e. The molecule has 53 valence electrons. The van der Waals surface area contributed by atoms with Crippen molar-refractivity contribution in [3.05, 3.63) is 36.7 Å². The molecule has 0 spiro atoms. The van der Waals surface area contributed by atoms with Crippen LogP contribution in [0.3, 0.4) is 0 Å². The average molecular weight is 145 g/mol. The number of rotatable bonds is 1. The van der Waals surface area contributed by atoms with E-state index in [1.54, 1.807) is 0 Å². The Morgan fingerprint density at radius 2 is 2.36 bits per heavy atom. The molecule has 0 fully saturated rings. The summed E-state index contributed by atoms with van der Waals surface area (Å²) in [6.07, 6.45) is 1.30. The van der Waals surface area contributed by atoms with Gasteiger partial charge in [0.2, 0.25) is 12.2 Å². The van der Waals surface area contributed by atoms with Crippen LogP contribution in [0, 0.1) is 6.07 Å². The van der Waals surface area contributed by atoms with E-state index in [9.17, 15) is 0 Å². The van der Waals surface area contributed by atoms with Crippen LogP contribution in [-0.4, -0.2) is 10.1 Å². The maximum atomic E-state index is 4.59. The topological polar surface area (TPSA) is 38.9 Å². The van der Waals surface area contributed by atoms with Crippen LogP contribution in [0.1, 0.15) is 0 Å². The predicted octanol–water partition coefficient (Wildman–Crippen LogP) is 1.54. The summed E-state index contributed by atoms with van der Waals surface area (Å²) in [5.74, 6) is 0.575. The lowest BCUT2D eigenvalue weighted by Crippen LogP contribution is -1.77. The standard InChI is InChI=1S/C8H5N2O/c1-2-4-7(5-3-1)8-9-6-11-10-8/h1-4,6H. The number of nitrogens with zero attached hydrogens (tertiary/aromatic N) is 2. The first-order valence-electron chi connectivity index (χ1n) is 3.20. The Morgan fingerprint density at radius 3 is 3.00 bits per heavy atom. The van der Waals surface area contributed by atoms with Crippen molar-refractivity contribution in [3.8, 4) is 11.4 Å². The number of benzene rings is 1.